The molecule has 1 spiro atoms. The van der Waals surface area contributed by atoms with Gasteiger partial charge in [0.05, 0.1) is 17.4 Å². The zero-order chi connectivity index (χ0) is 18.8. The van der Waals surface area contributed by atoms with Crippen LogP contribution in [0.4, 0.5) is 0 Å². The maximum Gasteiger partial charge on any atom is 0.231 e. The van der Waals surface area contributed by atoms with Crippen LogP contribution in [-0.4, -0.2) is 57.3 Å². The average Bonchev–Trinajstić information content (AvgIpc) is 3.55. The summed E-state index contributed by atoms with van der Waals surface area (Å²) in [5, 5.41) is 0. The van der Waals surface area contributed by atoms with Crippen LogP contribution in [0.2, 0.25) is 0 Å². The molecule has 2 atom stereocenters. The molecule has 2 amide bonds. The van der Waals surface area contributed by atoms with Crippen LogP contribution >= 0.6 is 0 Å². The topological polar surface area (TPSA) is 58.4 Å². The molecular weight excluding hydrogens is 340 g/mol. The zero-order valence-electron chi connectivity index (χ0n) is 16.4. The molecule has 6 heteroatoms. The molecule has 2 saturated heterocycles. The van der Waals surface area contributed by atoms with Gasteiger partial charge in [0.15, 0.2) is 0 Å². The number of nitrogens with zero attached hydrogens (tertiary/aromatic N) is 4. The lowest BCUT2D eigenvalue weighted by Gasteiger charge is -2.28. The van der Waals surface area contributed by atoms with E-state index in [0.717, 1.165) is 38.0 Å². The molecule has 4 fully saturated rings. The molecule has 0 bridgehead atoms. The molecule has 2 unspecified atom stereocenters. The third kappa shape index (κ3) is 2.88. The largest absolute Gasteiger partial charge is 0.342 e. The fourth-order valence-electron chi connectivity index (χ4n) is 4.97. The van der Waals surface area contributed by atoms with Crippen molar-refractivity contribution >= 4 is 11.8 Å². The summed E-state index contributed by atoms with van der Waals surface area (Å²) in [6.07, 6.45) is 9.36. The summed E-state index contributed by atoms with van der Waals surface area (Å²) in [4.78, 5) is 35.1. The van der Waals surface area contributed by atoms with Gasteiger partial charge in [0, 0.05) is 50.3 Å². The highest BCUT2D eigenvalue weighted by Gasteiger charge is 2.59. The molecule has 1 aromatic heterocycles. The molecule has 2 aliphatic carbocycles. The van der Waals surface area contributed by atoms with Crippen LogP contribution in [0, 0.1) is 17.3 Å². The van der Waals surface area contributed by atoms with E-state index < -0.39 is 5.41 Å². The molecule has 0 N–H and O–H groups in total. The van der Waals surface area contributed by atoms with Gasteiger partial charge in [-0.05, 0) is 51.9 Å². The van der Waals surface area contributed by atoms with Crippen molar-refractivity contribution in [2.75, 3.05) is 26.2 Å². The molecule has 3 heterocycles. The van der Waals surface area contributed by atoms with Crippen LogP contribution in [0.1, 0.15) is 63.6 Å². The Balaban J connectivity index is 1.45. The van der Waals surface area contributed by atoms with Gasteiger partial charge in [-0.25, -0.2) is 4.98 Å². The third-order valence-corrected chi connectivity index (χ3v) is 7.07. The lowest BCUT2D eigenvalue weighted by atomic mass is 9.75. The number of hydrogen-bond donors (Lipinski definition) is 0. The van der Waals surface area contributed by atoms with Crippen LogP contribution in [0.25, 0.3) is 0 Å². The second kappa shape index (κ2) is 6.08. The Kier molecular flexibility index (Phi) is 3.89. The van der Waals surface area contributed by atoms with Crippen molar-refractivity contribution in [2.45, 2.75) is 57.9 Å². The van der Waals surface area contributed by atoms with Gasteiger partial charge in [0.2, 0.25) is 11.8 Å². The van der Waals surface area contributed by atoms with Gasteiger partial charge in [-0.2, -0.15) is 0 Å². The first-order valence-electron chi connectivity index (χ1n) is 10.6. The van der Waals surface area contributed by atoms with Crippen molar-refractivity contribution in [1.29, 1.82) is 0 Å². The summed E-state index contributed by atoms with van der Waals surface area (Å²) >= 11 is 0. The number of imidazole rings is 1. The minimum absolute atomic E-state index is 0.0249. The van der Waals surface area contributed by atoms with Crippen LogP contribution < -0.4 is 0 Å². The third-order valence-electron chi connectivity index (χ3n) is 7.07. The Morgan fingerprint density at radius 1 is 1.30 bits per heavy atom. The monoisotopic (exact) mass is 370 g/mol. The molecule has 5 rings (SSSR count). The predicted molar refractivity (Wildman–Crippen MR) is 101 cm³/mol. The molecule has 1 aromatic rings. The van der Waals surface area contributed by atoms with Crippen molar-refractivity contribution in [3.63, 3.8) is 0 Å². The Morgan fingerprint density at radius 3 is 2.70 bits per heavy atom. The molecule has 2 saturated carbocycles. The number of carbonyl (C=O) groups excluding carboxylic acids is 2. The highest BCUT2D eigenvalue weighted by Crippen LogP contribution is 2.51. The standard InChI is InChI=1S/C21H30N4O2/c1-14(2)25-11-18(22-13-25)17-10-24(19(26)16-5-6-16)12-21(17)7-8-23(20(21)27)9-15-3-4-15/h11,13-17H,3-10,12H2,1-2H3. The average molecular weight is 370 g/mol. The Bertz CT molecular complexity index is 764. The van der Waals surface area contributed by atoms with E-state index in [4.69, 9.17) is 0 Å². The first-order chi connectivity index (χ1) is 13.0. The van der Waals surface area contributed by atoms with E-state index in [-0.39, 0.29) is 23.7 Å². The van der Waals surface area contributed by atoms with Crippen LogP contribution in [0.5, 0.6) is 0 Å². The predicted octanol–water partition coefficient (Wildman–Crippen LogP) is 2.43. The van der Waals surface area contributed by atoms with E-state index in [0.29, 0.717) is 25.0 Å². The van der Waals surface area contributed by atoms with Crippen molar-refractivity contribution in [3.05, 3.63) is 18.2 Å². The lowest BCUT2D eigenvalue weighted by molar-refractivity contribution is -0.137. The fourth-order valence-corrected chi connectivity index (χ4v) is 4.97. The number of carbonyl (C=O) groups is 2. The Morgan fingerprint density at radius 2 is 2.07 bits per heavy atom. The SMILES string of the molecule is CC(C)n1cnc(C2CN(C(=O)C3CC3)CC23CCN(CC2CC2)C3=O)c1. The zero-order valence-corrected chi connectivity index (χ0v) is 16.4. The van der Waals surface area contributed by atoms with E-state index in [1.165, 1.54) is 12.8 Å². The molecule has 6 nitrogen and oxygen atoms in total. The summed E-state index contributed by atoms with van der Waals surface area (Å²) in [7, 11) is 0. The second-order valence-corrected chi connectivity index (χ2v) is 9.49. The first kappa shape index (κ1) is 17.3. The van der Waals surface area contributed by atoms with Crippen LogP contribution in [0.3, 0.4) is 0 Å². The van der Waals surface area contributed by atoms with E-state index in [1.807, 2.05) is 11.2 Å². The highest BCUT2D eigenvalue weighted by atomic mass is 16.2. The van der Waals surface area contributed by atoms with Crippen molar-refractivity contribution in [1.82, 2.24) is 19.4 Å². The summed E-state index contributed by atoms with van der Waals surface area (Å²) in [5.74, 6) is 1.46. The summed E-state index contributed by atoms with van der Waals surface area (Å²) in [6.45, 7) is 7.25. The van der Waals surface area contributed by atoms with Crippen LogP contribution in [0.15, 0.2) is 12.5 Å². The van der Waals surface area contributed by atoms with Gasteiger partial charge in [0.1, 0.15) is 0 Å². The number of rotatable bonds is 5. The van der Waals surface area contributed by atoms with Gasteiger partial charge in [-0.3, -0.25) is 9.59 Å². The molecule has 0 radical (unpaired) electrons. The normalized spacial score (nSPS) is 30.9. The number of likely N-dealkylation sites (tertiary alicyclic amines) is 2. The second-order valence-electron chi connectivity index (χ2n) is 9.49. The smallest absolute Gasteiger partial charge is 0.231 e. The number of amides is 2. The summed E-state index contributed by atoms with van der Waals surface area (Å²) in [5.41, 5.74) is 0.520. The van der Waals surface area contributed by atoms with Crippen molar-refractivity contribution in [2.24, 2.45) is 17.3 Å². The summed E-state index contributed by atoms with van der Waals surface area (Å²) in [6, 6.07) is 0.346. The van der Waals surface area contributed by atoms with Gasteiger partial charge in [-0.1, -0.05) is 0 Å². The van der Waals surface area contributed by atoms with E-state index in [2.05, 4.69) is 34.5 Å². The van der Waals surface area contributed by atoms with E-state index >= 15 is 0 Å². The molecule has 27 heavy (non-hydrogen) atoms. The first-order valence-corrected chi connectivity index (χ1v) is 10.6. The fraction of sp³-hybridized carbons (Fsp3) is 0.762. The Hall–Kier alpha value is -1.85. The highest BCUT2D eigenvalue weighted by molar-refractivity contribution is 5.89. The maximum absolute atomic E-state index is 13.5. The van der Waals surface area contributed by atoms with Gasteiger partial charge >= 0.3 is 0 Å². The van der Waals surface area contributed by atoms with Crippen LogP contribution in [-0.2, 0) is 9.59 Å². The lowest BCUT2D eigenvalue weighted by Crippen LogP contribution is -2.41. The molecule has 146 valence electrons. The summed E-state index contributed by atoms with van der Waals surface area (Å²) < 4.78 is 2.11. The molecule has 0 aromatic carbocycles. The van der Waals surface area contributed by atoms with Crippen molar-refractivity contribution in [3.8, 4) is 0 Å². The number of aromatic nitrogens is 2. The molecule has 2 aliphatic heterocycles. The minimum atomic E-state index is -0.463. The maximum atomic E-state index is 13.5. The molecular formula is C21H30N4O2. The number of hydrogen-bond acceptors (Lipinski definition) is 3. The van der Waals surface area contributed by atoms with Gasteiger partial charge in [0.25, 0.3) is 0 Å². The quantitative estimate of drug-likeness (QED) is 0.800. The molecule has 4 aliphatic rings. The Labute approximate surface area is 160 Å². The van der Waals surface area contributed by atoms with E-state index in [9.17, 15) is 9.59 Å². The van der Waals surface area contributed by atoms with E-state index in [1.54, 1.807) is 0 Å². The van der Waals surface area contributed by atoms with Gasteiger partial charge < -0.3 is 14.4 Å². The minimum Gasteiger partial charge on any atom is -0.342 e. The van der Waals surface area contributed by atoms with Gasteiger partial charge in [-0.15, -0.1) is 0 Å². The van der Waals surface area contributed by atoms with Crippen molar-refractivity contribution < 1.29 is 9.59 Å².